The monoisotopic (exact) mass is 364 g/mol. The molecule has 2 aromatic heterocycles. The lowest BCUT2D eigenvalue weighted by Gasteiger charge is -2.19. The van der Waals surface area contributed by atoms with Crippen molar-refractivity contribution in [3.8, 4) is 5.82 Å². The number of aryl methyl sites for hydroxylation is 2. The largest absolute Gasteiger partial charge is 0.324 e. The van der Waals surface area contributed by atoms with Gasteiger partial charge in [0, 0.05) is 17.4 Å². The van der Waals surface area contributed by atoms with Gasteiger partial charge in [0.25, 0.3) is 0 Å². The summed E-state index contributed by atoms with van der Waals surface area (Å²) in [5.74, 6) is 0.997. The maximum atomic E-state index is 12.3. The Morgan fingerprint density at radius 1 is 1.00 bits per heavy atom. The van der Waals surface area contributed by atoms with Crippen molar-refractivity contribution in [2.24, 2.45) is 0 Å². The van der Waals surface area contributed by atoms with Crippen LogP contribution in [-0.4, -0.2) is 25.8 Å². The molecule has 7 heteroatoms. The first-order chi connectivity index (χ1) is 12.7. The Balaban J connectivity index is 1.69. The first-order valence-electron chi connectivity index (χ1n) is 8.76. The number of hydrogen-bond acceptors (Lipinski definition) is 4. The lowest BCUT2D eigenvalue weighted by atomic mass is 9.87. The van der Waals surface area contributed by atoms with Gasteiger partial charge in [0.05, 0.1) is 5.69 Å². The van der Waals surface area contributed by atoms with E-state index in [1.54, 1.807) is 10.7 Å². The fraction of sp³-hybridized carbons (Fsp3) is 0.300. The lowest BCUT2D eigenvalue weighted by Crippen LogP contribution is -2.20. The van der Waals surface area contributed by atoms with Crippen molar-refractivity contribution in [1.82, 2.24) is 19.7 Å². The van der Waals surface area contributed by atoms with E-state index < -0.39 is 0 Å². The summed E-state index contributed by atoms with van der Waals surface area (Å²) in [5.41, 5.74) is 3.85. The van der Waals surface area contributed by atoms with E-state index in [4.69, 9.17) is 0 Å². The number of anilines is 2. The highest BCUT2D eigenvalue weighted by molar-refractivity contribution is 5.99. The molecule has 0 spiro atoms. The summed E-state index contributed by atoms with van der Waals surface area (Å²) in [6.45, 7) is 10.3. The van der Waals surface area contributed by atoms with Crippen LogP contribution < -0.4 is 10.6 Å². The Morgan fingerprint density at radius 2 is 1.70 bits per heavy atom. The quantitative estimate of drug-likeness (QED) is 0.729. The third kappa shape index (κ3) is 4.49. The summed E-state index contributed by atoms with van der Waals surface area (Å²) >= 11 is 0. The van der Waals surface area contributed by atoms with Crippen LogP contribution in [0.5, 0.6) is 0 Å². The molecule has 1 aromatic carbocycles. The highest BCUT2D eigenvalue weighted by atomic mass is 16.2. The number of nitrogens with zero attached hydrogens (tertiary/aromatic N) is 4. The Bertz CT molecular complexity index is 953. The van der Waals surface area contributed by atoms with Crippen LogP contribution in [0.1, 0.15) is 37.7 Å². The van der Waals surface area contributed by atoms with Crippen LogP contribution in [0.15, 0.2) is 42.7 Å². The second-order valence-corrected chi connectivity index (χ2v) is 7.51. The highest BCUT2D eigenvalue weighted by Crippen LogP contribution is 2.23. The number of urea groups is 1. The zero-order valence-corrected chi connectivity index (χ0v) is 16.2. The van der Waals surface area contributed by atoms with E-state index in [0.29, 0.717) is 17.3 Å². The van der Waals surface area contributed by atoms with E-state index in [1.807, 2.05) is 44.2 Å². The fourth-order valence-electron chi connectivity index (χ4n) is 2.72. The van der Waals surface area contributed by atoms with Gasteiger partial charge in [0.2, 0.25) is 0 Å². The van der Waals surface area contributed by atoms with E-state index in [2.05, 4.69) is 46.5 Å². The van der Waals surface area contributed by atoms with Crippen LogP contribution >= 0.6 is 0 Å². The number of benzene rings is 1. The number of carbonyl (C=O) groups excluding carboxylic acids is 1. The van der Waals surface area contributed by atoms with Crippen molar-refractivity contribution in [3.05, 3.63) is 59.7 Å². The molecule has 0 radical (unpaired) electrons. The van der Waals surface area contributed by atoms with Crippen molar-refractivity contribution in [3.63, 3.8) is 0 Å². The normalized spacial score (nSPS) is 11.3. The maximum absolute atomic E-state index is 12.3. The highest BCUT2D eigenvalue weighted by Gasteiger charge is 2.13. The molecule has 7 nitrogen and oxygen atoms in total. The van der Waals surface area contributed by atoms with E-state index >= 15 is 0 Å². The minimum absolute atomic E-state index is 0.0706. The van der Waals surface area contributed by atoms with Crippen molar-refractivity contribution < 1.29 is 4.79 Å². The SMILES string of the molecule is Cc1cc(C)n(-c2cc(NC(=O)Nc3ccc(C(C)(C)C)cc3)ncn2)n1. The molecule has 0 saturated heterocycles. The molecule has 3 aromatic rings. The smallest absolute Gasteiger partial charge is 0.308 e. The fourth-order valence-corrected chi connectivity index (χ4v) is 2.72. The van der Waals surface area contributed by atoms with Gasteiger partial charge in [-0.25, -0.2) is 19.4 Å². The van der Waals surface area contributed by atoms with Crippen LogP contribution in [0.4, 0.5) is 16.3 Å². The molecule has 0 aliphatic carbocycles. The molecular weight excluding hydrogens is 340 g/mol. The van der Waals surface area contributed by atoms with E-state index in [0.717, 1.165) is 11.4 Å². The molecule has 0 unspecified atom stereocenters. The first kappa shape index (κ1) is 18.6. The number of amides is 2. The molecule has 2 amide bonds. The topological polar surface area (TPSA) is 84.7 Å². The van der Waals surface area contributed by atoms with E-state index in [9.17, 15) is 4.79 Å². The average molecular weight is 364 g/mol. The Labute approximate surface area is 158 Å². The summed E-state index contributed by atoms with van der Waals surface area (Å²) in [7, 11) is 0. The molecule has 3 rings (SSSR count). The molecule has 140 valence electrons. The third-order valence-corrected chi connectivity index (χ3v) is 4.13. The van der Waals surface area contributed by atoms with Gasteiger partial charge in [-0.05, 0) is 43.0 Å². The molecule has 0 bridgehead atoms. The first-order valence-corrected chi connectivity index (χ1v) is 8.76. The van der Waals surface area contributed by atoms with Crippen LogP contribution in [0.2, 0.25) is 0 Å². The predicted molar refractivity (Wildman–Crippen MR) is 106 cm³/mol. The van der Waals surface area contributed by atoms with Crippen LogP contribution in [0, 0.1) is 13.8 Å². The number of nitrogens with one attached hydrogen (secondary N) is 2. The minimum atomic E-state index is -0.364. The van der Waals surface area contributed by atoms with Gasteiger partial charge < -0.3 is 5.32 Å². The van der Waals surface area contributed by atoms with Gasteiger partial charge in [-0.3, -0.25) is 5.32 Å². The minimum Gasteiger partial charge on any atom is -0.308 e. The summed E-state index contributed by atoms with van der Waals surface area (Å²) in [4.78, 5) is 20.6. The molecule has 2 heterocycles. The van der Waals surface area contributed by atoms with E-state index in [1.165, 1.54) is 11.9 Å². The van der Waals surface area contributed by atoms with Crippen LogP contribution in [0.25, 0.3) is 5.82 Å². The zero-order valence-electron chi connectivity index (χ0n) is 16.2. The second kappa shape index (κ2) is 7.19. The van der Waals surface area contributed by atoms with Gasteiger partial charge >= 0.3 is 6.03 Å². The number of hydrogen-bond donors (Lipinski definition) is 2. The Kier molecular flexibility index (Phi) is 4.94. The molecular formula is C20H24N6O. The third-order valence-electron chi connectivity index (χ3n) is 4.13. The van der Waals surface area contributed by atoms with Crippen molar-refractivity contribution in [2.75, 3.05) is 10.6 Å². The van der Waals surface area contributed by atoms with Crippen LogP contribution in [-0.2, 0) is 5.41 Å². The summed E-state index contributed by atoms with van der Waals surface area (Å²) in [6, 6.07) is 11.1. The molecule has 0 aliphatic rings. The molecule has 27 heavy (non-hydrogen) atoms. The van der Waals surface area contributed by atoms with Gasteiger partial charge in [-0.15, -0.1) is 0 Å². The zero-order chi connectivity index (χ0) is 19.6. The van der Waals surface area contributed by atoms with Crippen molar-refractivity contribution in [1.29, 1.82) is 0 Å². The number of aromatic nitrogens is 4. The maximum Gasteiger partial charge on any atom is 0.324 e. The number of rotatable bonds is 3. The van der Waals surface area contributed by atoms with Crippen molar-refractivity contribution in [2.45, 2.75) is 40.0 Å². The van der Waals surface area contributed by atoms with Gasteiger partial charge in [-0.1, -0.05) is 32.9 Å². The van der Waals surface area contributed by atoms with Crippen molar-refractivity contribution >= 4 is 17.5 Å². The molecule has 2 N–H and O–H groups in total. The summed E-state index contributed by atoms with van der Waals surface area (Å²) in [6.07, 6.45) is 1.40. The van der Waals surface area contributed by atoms with Gasteiger partial charge in [-0.2, -0.15) is 5.10 Å². The second-order valence-electron chi connectivity index (χ2n) is 7.51. The van der Waals surface area contributed by atoms with E-state index in [-0.39, 0.29) is 11.4 Å². The molecule has 0 fully saturated rings. The summed E-state index contributed by atoms with van der Waals surface area (Å²) in [5, 5.41) is 9.93. The molecule has 0 saturated carbocycles. The van der Waals surface area contributed by atoms with Gasteiger partial charge in [0.1, 0.15) is 12.1 Å². The summed E-state index contributed by atoms with van der Waals surface area (Å²) < 4.78 is 1.71. The molecule has 0 aliphatic heterocycles. The van der Waals surface area contributed by atoms with Crippen LogP contribution in [0.3, 0.4) is 0 Å². The average Bonchev–Trinajstić information content (AvgIpc) is 2.93. The predicted octanol–water partition coefficient (Wildman–Crippen LogP) is 4.22. The molecule has 0 atom stereocenters. The standard InChI is InChI=1S/C20H24N6O/c1-13-10-14(2)26(25-13)18-11-17(21-12-22-18)24-19(27)23-16-8-6-15(7-9-16)20(3,4)5/h6-12H,1-5H3,(H2,21,22,23,24,27). The Hall–Kier alpha value is -3.22. The number of carbonyl (C=O) groups is 1. The Morgan fingerprint density at radius 3 is 2.30 bits per heavy atom. The van der Waals surface area contributed by atoms with Gasteiger partial charge in [0.15, 0.2) is 5.82 Å². The lowest BCUT2D eigenvalue weighted by molar-refractivity contribution is 0.262.